The third-order valence-electron chi connectivity index (χ3n) is 5.95. The Balaban J connectivity index is 1.35. The molecule has 0 aromatic heterocycles. The summed E-state index contributed by atoms with van der Waals surface area (Å²) in [6, 6.07) is 6.54. The maximum absolute atomic E-state index is 12.4. The lowest BCUT2D eigenvalue weighted by Crippen LogP contribution is -2.34. The number of imide groups is 1. The monoisotopic (exact) mass is 297 g/mol. The average molecular weight is 297 g/mol. The molecule has 1 unspecified atom stereocenters. The molecule has 3 saturated carbocycles. The Morgan fingerprint density at radius 2 is 1.55 bits per heavy atom. The Morgan fingerprint density at radius 1 is 1.00 bits per heavy atom. The minimum absolute atomic E-state index is 0.101. The second-order valence-corrected chi connectivity index (χ2v) is 6.87. The van der Waals surface area contributed by atoms with E-state index in [0.29, 0.717) is 39.9 Å². The Hall–Kier alpha value is -2.17. The molecule has 5 atom stereocenters. The van der Waals surface area contributed by atoms with Crippen molar-refractivity contribution < 1.29 is 19.2 Å². The molecule has 0 saturated heterocycles. The smallest absolute Gasteiger partial charge is 0.329 e. The van der Waals surface area contributed by atoms with Gasteiger partial charge in [-0.3, -0.25) is 9.59 Å². The highest BCUT2D eigenvalue weighted by molar-refractivity contribution is 6.20. The standard InChI is InChI=1S/C17H15NO4/c19-15-10-3-1-2-4-11(10)16(20)18(15)22-17(21)14-12-8-5-6-9(7-8)13(12)14/h1-4,8-9,12-14H,5-7H2/t8-,9+,12+,13-,14?. The zero-order chi connectivity index (χ0) is 15.0. The predicted octanol–water partition coefficient (Wildman–Crippen LogP) is 2.03. The highest BCUT2D eigenvalue weighted by atomic mass is 16.7. The van der Waals surface area contributed by atoms with Crippen LogP contribution >= 0.6 is 0 Å². The molecule has 1 aromatic rings. The minimum atomic E-state index is -0.539. The molecule has 0 radical (unpaired) electrons. The van der Waals surface area contributed by atoms with Gasteiger partial charge in [0.1, 0.15) is 0 Å². The largest absolute Gasteiger partial charge is 0.336 e. The molecule has 0 spiro atoms. The molecular formula is C17H15NO4. The molecule has 5 nitrogen and oxygen atoms in total. The Labute approximate surface area is 127 Å². The van der Waals surface area contributed by atoms with Crippen LogP contribution in [-0.4, -0.2) is 22.8 Å². The van der Waals surface area contributed by atoms with Crippen LogP contribution in [0.2, 0.25) is 0 Å². The van der Waals surface area contributed by atoms with Gasteiger partial charge >= 0.3 is 5.97 Å². The van der Waals surface area contributed by atoms with Gasteiger partial charge in [-0.05, 0) is 55.1 Å². The van der Waals surface area contributed by atoms with Gasteiger partial charge in [-0.1, -0.05) is 17.2 Å². The van der Waals surface area contributed by atoms with Crippen LogP contribution < -0.4 is 0 Å². The van der Waals surface area contributed by atoms with E-state index >= 15 is 0 Å². The first-order valence-corrected chi connectivity index (χ1v) is 7.86. The lowest BCUT2D eigenvalue weighted by Gasteiger charge is -2.14. The van der Waals surface area contributed by atoms with Crippen LogP contribution in [0.1, 0.15) is 40.0 Å². The topological polar surface area (TPSA) is 63.7 Å². The van der Waals surface area contributed by atoms with Gasteiger partial charge in [0.25, 0.3) is 11.8 Å². The van der Waals surface area contributed by atoms with Crippen molar-refractivity contribution in [2.45, 2.75) is 19.3 Å². The van der Waals surface area contributed by atoms with Gasteiger partial charge in [-0.2, -0.15) is 0 Å². The Bertz CT molecular complexity index is 676. The predicted molar refractivity (Wildman–Crippen MR) is 74.3 cm³/mol. The first kappa shape index (κ1) is 12.4. The number of hydrogen-bond donors (Lipinski definition) is 0. The first-order valence-electron chi connectivity index (χ1n) is 7.86. The summed E-state index contributed by atoms with van der Waals surface area (Å²) in [5, 5.41) is 0.642. The van der Waals surface area contributed by atoms with Crippen molar-refractivity contribution in [2.24, 2.45) is 29.6 Å². The van der Waals surface area contributed by atoms with E-state index in [0.717, 1.165) is 0 Å². The fraction of sp³-hybridized carbons (Fsp3) is 0.471. The summed E-state index contributed by atoms with van der Waals surface area (Å²) in [7, 11) is 0. The number of amides is 2. The van der Waals surface area contributed by atoms with E-state index in [9.17, 15) is 14.4 Å². The maximum atomic E-state index is 12.4. The molecule has 2 amide bonds. The number of rotatable bonds is 2. The van der Waals surface area contributed by atoms with Gasteiger partial charge in [0.05, 0.1) is 17.0 Å². The quantitative estimate of drug-likeness (QED) is 0.784. The summed E-state index contributed by atoms with van der Waals surface area (Å²) in [4.78, 5) is 42.0. The zero-order valence-corrected chi connectivity index (χ0v) is 11.9. The van der Waals surface area contributed by atoms with E-state index in [1.165, 1.54) is 19.3 Å². The molecule has 4 aliphatic rings. The van der Waals surface area contributed by atoms with Crippen LogP contribution in [-0.2, 0) is 9.63 Å². The lowest BCUT2D eigenvalue weighted by molar-refractivity contribution is -0.171. The highest BCUT2D eigenvalue weighted by Gasteiger charge is 2.68. The molecule has 0 N–H and O–H groups in total. The molecule has 5 rings (SSSR count). The van der Waals surface area contributed by atoms with Crippen LogP contribution in [0.3, 0.4) is 0 Å². The number of hydrogen-bond acceptors (Lipinski definition) is 4. The van der Waals surface area contributed by atoms with Crippen molar-refractivity contribution in [3.05, 3.63) is 35.4 Å². The molecular weight excluding hydrogens is 282 g/mol. The SMILES string of the molecule is O=C(ON1C(=O)c2ccccc2C1=O)C1[C@@H]2[C@H]3CC[C@H](C3)[C@H]12. The number of benzene rings is 1. The van der Waals surface area contributed by atoms with E-state index in [2.05, 4.69) is 0 Å². The van der Waals surface area contributed by atoms with E-state index in [1.54, 1.807) is 24.3 Å². The number of fused-ring (bicyclic) bond motifs is 6. The third-order valence-corrected chi connectivity index (χ3v) is 5.95. The minimum Gasteiger partial charge on any atom is -0.329 e. The Morgan fingerprint density at radius 3 is 2.09 bits per heavy atom. The summed E-state index contributed by atoms with van der Waals surface area (Å²) in [5.41, 5.74) is 0.604. The number of carbonyl (C=O) groups excluding carboxylic acids is 3. The second-order valence-electron chi connectivity index (χ2n) is 6.87. The van der Waals surface area contributed by atoms with E-state index in [-0.39, 0.29) is 5.92 Å². The average Bonchev–Trinajstić information content (AvgIpc) is 2.86. The molecule has 5 heteroatoms. The molecule has 1 heterocycles. The molecule has 112 valence electrons. The first-order chi connectivity index (χ1) is 10.7. The summed E-state index contributed by atoms with van der Waals surface area (Å²) >= 11 is 0. The normalized spacial score (nSPS) is 37.3. The van der Waals surface area contributed by atoms with Crippen molar-refractivity contribution in [3.63, 3.8) is 0 Å². The summed E-state index contributed by atoms with van der Waals surface area (Å²) in [6.45, 7) is 0. The lowest BCUT2D eigenvalue weighted by atomic mass is 10.0. The van der Waals surface area contributed by atoms with E-state index in [4.69, 9.17) is 4.84 Å². The van der Waals surface area contributed by atoms with Gasteiger partial charge in [-0.15, -0.1) is 0 Å². The highest BCUT2D eigenvalue weighted by Crippen LogP contribution is 2.69. The van der Waals surface area contributed by atoms with Gasteiger partial charge in [0.2, 0.25) is 0 Å². The van der Waals surface area contributed by atoms with E-state index < -0.39 is 17.8 Å². The fourth-order valence-corrected chi connectivity index (χ4v) is 5.04. The molecule has 3 fully saturated rings. The van der Waals surface area contributed by atoms with Crippen molar-refractivity contribution in [1.29, 1.82) is 0 Å². The van der Waals surface area contributed by atoms with Crippen molar-refractivity contribution >= 4 is 17.8 Å². The van der Waals surface area contributed by atoms with Crippen molar-refractivity contribution in [2.75, 3.05) is 0 Å². The summed E-state index contributed by atoms with van der Waals surface area (Å²) in [5.74, 6) is 0.578. The Kier molecular flexibility index (Phi) is 2.23. The molecule has 2 bridgehead atoms. The van der Waals surface area contributed by atoms with Crippen LogP contribution in [0.5, 0.6) is 0 Å². The number of carbonyl (C=O) groups is 3. The number of hydroxylamine groups is 2. The maximum Gasteiger partial charge on any atom is 0.336 e. The van der Waals surface area contributed by atoms with Gasteiger partial charge in [0.15, 0.2) is 0 Å². The summed E-state index contributed by atoms with van der Waals surface area (Å²) in [6.07, 6.45) is 3.66. The fourth-order valence-electron chi connectivity index (χ4n) is 5.04. The van der Waals surface area contributed by atoms with Crippen LogP contribution in [0.4, 0.5) is 0 Å². The molecule has 1 aromatic carbocycles. The molecule has 1 aliphatic heterocycles. The third kappa shape index (κ3) is 1.41. The van der Waals surface area contributed by atoms with Crippen molar-refractivity contribution in [1.82, 2.24) is 5.06 Å². The van der Waals surface area contributed by atoms with Crippen LogP contribution in [0, 0.1) is 29.6 Å². The van der Waals surface area contributed by atoms with Gasteiger partial charge in [-0.25, -0.2) is 4.79 Å². The zero-order valence-electron chi connectivity index (χ0n) is 11.9. The van der Waals surface area contributed by atoms with Gasteiger partial charge in [0, 0.05) is 0 Å². The molecule has 3 aliphatic carbocycles. The van der Waals surface area contributed by atoms with Crippen LogP contribution in [0.15, 0.2) is 24.3 Å². The molecule has 22 heavy (non-hydrogen) atoms. The van der Waals surface area contributed by atoms with Gasteiger partial charge < -0.3 is 4.84 Å². The number of nitrogens with zero attached hydrogens (tertiary/aromatic N) is 1. The van der Waals surface area contributed by atoms with E-state index in [1.807, 2.05) is 0 Å². The van der Waals surface area contributed by atoms with Crippen molar-refractivity contribution in [3.8, 4) is 0 Å². The second kappa shape index (κ2) is 3.97. The summed E-state index contributed by atoms with van der Waals surface area (Å²) < 4.78 is 0. The van der Waals surface area contributed by atoms with Crippen LogP contribution in [0.25, 0.3) is 0 Å².